The van der Waals surface area contributed by atoms with E-state index in [-0.39, 0.29) is 11.5 Å². The molecule has 10 heteroatoms. The Morgan fingerprint density at radius 2 is 1.82 bits per heavy atom. The Labute approximate surface area is 205 Å². The standard InChI is InChI=1S/C24H22ClN5O3S/c1-33-20-5-3-2-4-19(20)22-27-30-21(31)14-18(26-24(30)34-22)15-28-10-12-29(13-11-28)23(32)16-6-8-17(25)9-7-16/h2-9,14H,10-13,15H2,1H3. The number of methoxy groups -OCH3 is 1. The predicted octanol–water partition coefficient (Wildman–Crippen LogP) is 3.44. The lowest BCUT2D eigenvalue weighted by atomic mass is 10.2. The molecule has 0 spiro atoms. The Balaban J connectivity index is 1.29. The first-order valence-electron chi connectivity index (χ1n) is 10.8. The molecule has 1 aliphatic rings. The van der Waals surface area contributed by atoms with Crippen molar-refractivity contribution in [1.29, 1.82) is 0 Å². The second kappa shape index (κ2) is 9.54. The zero-order chi connectivity index (χ0) is 23.7. The van der Waals surface area contributed by atoms with Crippen LogP contribution in [-0.2, 0) is 6.54 Å². The van der Waals surface area contributed by atoms with Crippen LogP contribution in [0, 0.1) is 0 Å². The Kier molecular flexibility index (Phi) is 6.32. The van der Waals surface area contributed by atoms with Gasteiger partial charge in [0.25, 0.3) is 11.5 Å². The van der Waals surface area contributed by atoms with Crippen molar-refractivity contribution in [2.45, 2.75) is 6.54 Å². The van der Waals surface area contributed by atoms with Crippen LogP contribution in [0.1, 0.15) is 16.1 Å². The molecule has 0 saturated carbocycles. The van der Waals surface area contributed by atoms with Gasteiger partial charge in [-0.25, -0.2) is 4.98 Å². The van der Waals surface area contributed by atoms with Gasteiger partial charge in [-0.05, 0) is 36.4 Å². The van der Waals surface area contributed by atoms with Crippen LogP contribution in [0.15, 0.2) is 59.4 Å². The lowest BCUT2D eigenvalue weighted by molar-refractivity contribution is 0.0627. The SMILES string of the molecule is COc1ccccc1-c1nn2c(=O)cc(CN3CCN(C(=O)c4ccc(Cl)cc4)CC3)nc2s1. The summed E-state index contributed by atoms with van der Waals surface area (Å²) >= 11 is 7.27. The fourth-order valence-corrected chi connectivity index (χ4v) is 5.06. The lowest BCUT2D eigenvalue weighted by Gasteiger charge is -2.34. The molecule has 8 nitrogen and oxygen atoms in total. The Hall–Kier alpha value is -3.27. The largest absolute Gasteiger partial charge is 0.496 e. The molecule has 4 aromatic rings. The maximum Gasteiger partial charge on any atom is 0.275 e. The lowest BCUT2D eigenvalue weighted by Crippen LogP contribution is -2.48. The maximum atomic E-state index is 12.7. The van der Waals surface area contributed by atoms with E-state index in [1.54, 1.807) is 31.4 Å². The number of aromatic nitrogens is 3. The average molecular weight is 496 g/mol. The average Bonchev–Trinajstić information content (AvgIpc) is 3.29. The van der Waals surface area contributed by atoms with E-state index in [9.17, 15) is 9.59 Å². The van der Waals surface area contributed by atoms with Gasteiger partial charge in [0.15, 0.2) is 5.01 Å². The monoisotopic (exact) mass is 495 g/mol. The number of amides is 1. The van der Waals surface area contributed by atoms with E-state index in [1.807, 2.05) is 29.2 Å². The minimum absolute atomic E-state index is 0.00244. The number of nitrogens with zero attached hydrogens (tertiary/aromatic N) is 5. The highest BCUT2D eigenvalue weighted by atomic mass is 35.5. The van der Waals surface area contributed by atoms with Gasteiger partial charge in [0, 0.05) is 49.4 Å². The van der Waals surface area contributed by atoms with E-state index < -0.39 is 0 Å². The van der Waals surface area contributed by atoms with Gasteiger partial charge in [-0.2, -0.15) is 9.61 Å². The van der Waals surface area contributed by atoms with Crippen molar-refractivity contribution < 1.29 is 9.53 Å². The number of rotatable bonds is 5. The normalized spacial score (nSPS) is 14.5. The third kappa shape index (κ3) is 4.54. The first-order chi connectivity index (χ1) is 16.5. The highest BCUT2D eigenvalue weighted by Gasteiger charge is 2.23. The molecular weight excluding hydrogens is 474 g/mol. The van der Waals surface area contributed by atoms with Crippen LogP contribution in [-0.4, -0.2) is 63.6 Å². The Bertz CT molecular complexity index is 1390. The quantitative estimate of drug-likeness (QED) is 0.422. The van der Waals surface area contributed by atoms with Crippen LogP contribution >= 0.6 is 22.9 Å². The van der Waals surface area contributed by atoms with Crippen molar-refractivity contribution in [3.05, 3.63) is 81.2 Å². The fourth-order valence-electron chi connectivity index (χ4n) is 3.98. The highest BCUT2D eigenvalue weighted by molar-refractivity contribution is 7.19. The minimum Gasteiger partial charge on any atom is -0.496 e. The summed E-state index contributed by atoms with van der Waals surface area (Å²) in [6.07, 6.45) is 0. The highest BCUT2D eigenvalue weighted by Crippen LogP contribution is 2.32. The van der Waals surface area contributed by atoms with Gasteiger partial charge in [-0.3, -0.25) is 14.5 Å². The molecule has 174 valence electrons. The number of hydrogen-bond acceptors (Lipinski definition) is 7. The topological polar surface area (TPSA) is 80.0 Å². The second-order valence-corrected chi connectivity index (χ2v) is 9.36. The summed E-state index contributed by atoms with van der Waals surface area (Å²) in [5.41, 5.74) is 1.93. The smallest absolute Gasteiger partial charge is 0.275 e. The van der Waals surface area contributed by atoms with Crippen LogP contribution in [0.3, 0.4) is 0 Å². The Morgan fingerprint density at radius 3 is 2.56 bits per heavy atom. The van der Waals surface area contributed by atoms with Gasteiger partial charge in [-0.1, -0.05) is 35.1 Å². The number of carbonyl (C=O) groups excluding carboxylic acids is 1. The number of benzene rings is 2. The van der Waals surface area contributed by atoms with E-state index in [2.05, 4.69) is 15.0 Å². The zero-order valence-electron chi connectivity index (χ0n) is 18.5. The molecule has 0 N–H and O–H groups in total. The van der Waals surface area contributed by atoms with Crippen molar-refractivity contribution >= 4 is 33.8 Å². The van der Waals surface area contributed by atoms with Crippen molar-refractivity contribution in [1.82, 2.24) is 24.4 Å². The first kappa shape index (κ1) is 22.5. The zero-order valence-corrected chi connectivity index (χ0v) is 20.1. The number of piperazine rings is 1. The Morgan fingerprint density at radius 1 is 1.09 bits per heavy atom. The molecule has 1 saturated heterocycles. The van der Waals surface area contributed by atoms with Gasteiger partial charge < -0.3 is 9.64 Å². The summed E-state index contributed by atoms with van der Waals surface area (Å²) < 4.78 is 6.76. The minimum atomic E-state index is -0.214. The van der Waals surface area contributed by atoms with Gasteiger partial charge in [0.2, 0.25) is 4.96 Å². The van der Waals surface area contributed by atoms with Crippen LogP contribution in [0.5, 0.6) is 5.75 Å². The van der Waals surface area contributed by atoms with Gasteiger partial charge >= 0.3 is 0 Å². The second-order valence-electron chi connectivity index (χ2n) is 7.96. The van der Waals surface area contributed by atoms with E-state index in [4.69, 9.17) is 16.3 Å². The van der Waals surface area contributed by atoms with Crippen LogP contribution < -0.4 is 10.3 Å². The van der Waals surface area contributed by atoms with Crippen molar-refractivity contribution in [3.63, 3.8) is 0 Å². The summed E-state index contributed by atoms with van der Waals surface area (Å²) in [5.74, 6) is 0.698. The molecule has 2 aromatic heterocycles. The summed E-state index contributed by atoms with van der Waals surface area (Å²) in [6, 6.07) is 16.0. The molecule has 1 amide bonds. The number of fused-ring (bicyclic) bond motifs is 1. The summed E-state index contributed by atoms with van der Waals surface area (Å²) in [5, 5.41) is 5.74. The van der Waals surface area contributed by atoms with E-state index in [0.717, 1.165) is 5.56 Å². The number of halogens is 1. The van der Waals surface area contributed by atoms with Gasteiger partial charge in [0.1, 0.15) is 5.75 Å². The number of carbonyl (C=O) groups is 1. The molecule has 5 rings (SSSR count). The molecule has 0 atom stereocenters. The number of para-hydroxylation sites is 1. The summed E-state index contributed by atoms with van der Waals surface area (Å²) in [6.45, 7) is 3.17. The van der Waals surface area contributed by atoms with Crippen molar-refractivity contribution in [2.75, 3.05) is 33.3 Å². The van der Waals surface area contributed by atoms with Crippen LogP contribution in [0.2, 0.25) is 5.02 Å². The molecular formula is C24H22ClN5O3S. The summed E-state index contributed by atoms with van der Waals surface area (Å²) in [7, 11) is 1.61. The van der Waals surface area contributed by atoms with Crippen molar-refractivity contribution in [3.8, 4) is 16.3 Å². The molecule has 34 heavy (non-hydrogen) atoms. The maximum absolute atomic E-state index is 12.7. The number of hydrogen-bond donors (Lipinski definition) is 0. The first-order valence-corrected chi connectivity index (χ1v) is 12.0. The van der Waals surface area contributed by atoms with E-state index in [0.29, 0.717) is 64.7 Å². The third-order valence-electron chi connectivity index (χ3n) is 5.77. The molecule has 0 bridgehead atoms. The number of ether oxygens (including phenoxy) is 1. The van der Waals surface area contributed by atoms with Crippen LogP contribution in [0.25, 0.3) is 15.5 Å². The molecule has 0 radical (unpaired) electrons. The van der Waals surface area contributed by atoms with E-state index in [1.165, 1.54) is 21.9 Å². The molecule has 1 aliphatic heterocycles. The fraction of sp³-hybridized carbons (Fsp3) is 0.250. The third-order valence-corrected chi connectivity index (χ3v) is 6.97. The molecule has 0 unspecified atom stereocenters. The summed E-state index contributed by atoms with van der Waals surface area (Å²) in [4.78, 5) is 34.7. The molecule has 0 aliphatic carbocycles. The van der Waals surface area contributed by atoms with Crippen molar-refractivity contribution in [2.24, 2.45) is 0 Å². The van der Waals surface area contributed by atoms with E-state index >= 15 is 0 Å². The predicted molar refractivity (Wildman–Crippen MR) is 132 cm³/mol. The molecule has 2 aromatic carbocycles. The van der Waals surface area contributed by atoms with Gasteiger partial charge in [-0.15, -0.1) is 0 Å². The van der Waals surface area contributed by atoms with Crippen LogP contribution in [0.4, 0.5) is 0 Å². The molecule has 1 fully saturated rings. The van der Waals surface area contributed by atoms with Gasteiger partial charge in [0.05, 0.1) is 18.4 Å². The molecule has 3 heterocycles.